The molecule has 4 N–H and O–H groups in total. The van der Waals surface area contributed by atoms with Crippen LogP contribution in [0.4, 0.5) is 11.6 Å². The van der Waals surface area contributed by atoms with Crippen molar-refractivity contribution in [1.82, 2.24) is 30.8 Å². The van der Waals surface area contributed by atoms with Crippen LogP contribution in [0.5, 0.6) is 0 Å². The number of carbonyl (C=O) groups excluding carboxylic acids is 2. The molecular weight excluding hydrogens is 592 g/mol. The van der Waals surface area contributed by atoms with Crippen LogP contribution in [0.15, 0.2) is 97.6 Å². The number of aromatic nitrogens is 4. The molecule has 0 spiro atoms. The van der Waals surface area contributed by atoms with Gasteiger partial charge in [-0.15, -0.1) is 0 Å². The van der Waals surface area contributed by atoms with Crippen LogP contribution in [0.25, 0.3) is 23.5 Å². The Labute approximate surface area is 258 Å². The zero-order valence-electron chi connectivity index (χ0n) is 23.3. The average Bonchev–Trinajstić information content (AvgIpc) is 3.04. The Morgan fingerprint density at radius 2 is 1.02 bits per heavy atom. The van der Waals surface area contributed by atoms with E-state index in [1.165, 1.54) is 12.2 Å². The van der Waals surface area contributed by atoms with Gasteiger partial charge in [-0.1, -0.05) is 36.4 Å². The van der Waals surface area contributed by atoms with Crippen molar-refractivity contribution in [3.63, 3.8) is 0 Å². The molecule has 4 aromatic rings. The van der Waals surface area contributed by atoms with Gasteiger partial charge in [0.15, 0.2) is 0 Å². The van der Waals surface area contributed by atoms with Crippen molar-refractivity contribution in [2.24, 2.45) is 0 Å². The molecule has 0 unspecified atom stereocenters. The second-order valence-electron chi connectivity index (χ2n) is 9.20. The summed E-state index contributed by atoms with van der Waals surface area (Å²) in [6, 6.07) is 15.0. The van der Waals surface area contributed by atoms with Gasteiger partial charge in [-0.3, -0.25) is 30.4 Å². The van der Waals surface area contributed by atoms with Crippen molar-refractivity contribution >= 4 is 46.7 Å². The third-order valence-corrected chi connectivity index (χ3v) is 6.36. The molecule has 0 fully saturated rings. The molecule has 2 aliphatic carbocycles. The van der Waals surface area contributed by atoms with E-state index in [0.717, 1.165) is 43.9 Å². The number of rotatable bonds is 6. The predicted molar refractivity (Wildman–Crippen MR) is 163 cm³/mol. The molecule has 43 heavy (non-hydrogen) atoms. The topological polar surface area (TPSA) is 134 Å². The van der Waals surface area contributed by atoms with E-state index >= 15 is 0 Å². The Kier molecular flexibility index (Phi) is 10.3. The summed E-state index contributed by atoms with van der Waals surface area (Å²) in [6.45, 7) is 3.87. The average molecular weight is 620 g/mol. The minimum atomic E-state index is -0.0696. The number of anilines is 2. The molecule has 10 nitrogen and oxygen atoms in total. The van der Waals surface area contributed by atoms with Gasteiger partial charge in [-0.2, -0.15) is 0 Å². The van der Waals surface area contributed by atoms with Crippen LogP contribution in [0.3, 0.4) is 0 Å². The fraction of sp³-hybridized carbons (Fsp3) is 0.0625. The van der Waals surface area contributed by atoms with Gasteiger partial charge >= 0.3 is 0 Å². The summed E-state index contributed by atoms with van der Waals surface area (Å²) in [5.74, 6) is 1.30. The number of pyridine rings is 4. The van der Waals surface area contributed by atoms with Crippen LogP contribution < -0.4 is 42.6 Å². The molecule has 11 heteroatoms. The number of carbonyl (C=O) groups is 2. The smallest absolute Gasteiger partial charge is 0.204 e. The second-order valence-corrected chi connectivity index (χ2v) is 9.20. The summed E-state index contributed by atoms with van der Waals surface area (Å²) in [6.07, 6.45) is 17.0. The number of fused-ring (bicyclic) bond motifs is 2. The number of hydrogen-bond donors (Lipinski definition) is 4. The van der Waals surface area contributed by atoms with Crippen LogP contribution >= 0.6 is 0 Å². The molecule has 0 saturated carbocycles. The first-order valence-corrected chi connectivity index (χ1v) is 13.1. The Hall–Kier alpha value is -5.38. The molecule has 0 saturated heterocycles. The van der Waals surface area contributed by atoms with Crippen molar-refractivity contribution in [1.29, 1.82) is 0 Å². The molecule has 0 atom stereocenters. The Bertz CT molecular complexity index is 1800. The molecule has 4 aromatic heterocycles. The summed E-state index contributed by atoms with van der Waals surface area (Å²) in [5, 5.41) is 3.53. The SMILES string of the molecule is CC(NNc1ccccn1)=c1ccnc2c1=CC=CC2=O.CC(NNc1ccccn1)=c1ccnc2c1=CC=CC2=O.[Cu]. The monoisotopic (exact) mass is 619 g/mol. The second kappa shape index (κ2) is 14.5. The molecule has 0 aromatic carbocycles. The van der Waals surface area contributed by atoms with Crippen LogP contribution in [0.1, 0.15) is 34.8 Å². The van der Waals surface area contributed by atoms with Gasteiger partial charge in [0.25, 0.3) is 0 Å². The third kappa shape index (κ3) is 7.48. The minimum Gasteiger partial charge on any atom is -0.303 e. The Morgan fingerprint density at radius 1 is 0.581 bits per heavy atom. The fourth-order valence-corrected chi connectivity index (χ4v) is 4.28. The summed E-state index contributed by atoms with van der Waals surface area (Å²) < 4.78 is 0. The largest absolute Gasteiger partial charge is 0.303 e. The zero-order valence-corrected chi connectivity index (χ0v) is 24.2. The van der Waals surface area contributed by atoms with E-state index < -0.39 is 0 Å². The quantitative estimate of drug-likeness (QED) is 0.186. The Morgan fingerprint density at radius 3 is 1.42 bits per heavy atom. The first-order chi connectivity index (χ1) is 20.5. The van der Waals surface area contributed by atoms with E-state index in [0.29, 0.717) is 11.4 Å². The predicted octanol–water partition coefficient (Wildman–Crippen LogP) is 1.51. The van der Waals surface area contributed by atoms with E-state index in [9.17, 15) is 9.59 Å². The van der Waals surface area contributed by atoms with E-state index in [4.69, 9.17) is 0 Å². The number of allylic oxidation sites excluding steroid dienone is 4. The molecule has 219 valence electrons. The van der Waals surface area contributed by atoms with E-state index in [2.05, 4.69) is 41.6 Å². The Balaban J connectivity index is 0.000000192. The van der Waals surface area contributed by atoms with Gasteiger partial charge in [0.2, 0.25) is 11.6 Å². The van der Waals surface area contributed by atoms with Crippen molar-refractivity contribution in [2.45, 2.75) is 13.8 Å². The minimum absolute atomic E-state index is 0. The van der Waals surface area contributed by atoms with Gasteiger partial charge in [0.1, 0.15) is 23.0 Å². The van der Waals surface area contributed by atoms with Crippen LogP contribution in [0.2, 0.25) is 0 Å². The van der Waals surface area contributed by atoms with Crippen LogP contribution in [-0.2, 0) is 17.1 Å². The zero-order chi connectivity index (χ0) is 29.3. The molecule has 0 bridgehead atoms. The first-order valence-electron chi connectivity index (χ1n) is 13.1. The molecule has 0 aliphatic heterocycles. The fourth-order valence-electron chi connectivity index (χ4n) is 4.28. The van der Waals surface area contributed by atoms with Crippen LogP contribution in [-0.4, -0.2) is 31.5 Å². The summed E-state index contributed by atoms with van der Waals surface area (Å²) in [5.41, 5.74) is 15.0. The summed E-state index contributed by atoms with van der Waals surface area (Å²) >= 11 is 0. The number of hydrogen-bond acceptors (Lipinski definition) is 10. The number of ketones is 2. The maximum absolute atomic E-state index is 11.8. The molecule has 2 aliphatic rings. The summed E-state index contributed by atoms with van der Waals surface area (Å²) in [4.78, 5) is 40.3. The molecule has 1 radical (unpaired) electrons. The van der Waals surface area contributed by atoms with E-state index in [1.807, 2.05) is 74.5 Å². The molecule has 0 amide bonds. The van der Waals surface area contributed by atoms with Crippen molar-refractivity contribution in [3.05, 3.63) is 130 Å². The van der Waals surface area contributed by atoms with Gasteiger partial charge < -0.3 is 10.9 Å². The van der Waals surface area contributed by atoms with Gasteiger partial charge in [0.05, 0.1) is 0 Å². The number of hydrazine groups is 2. The standard InChI is InChI=1S/2C16H14N4O.Cu/c2*1-11(19-20-15-7-2-3-9-17-15)12-8-10-18-16-13(12)5-4-6-14(16)21;/h2*2-10,19H,1H3,(H,17,20);. The van der Waals surface area contributed by atoms with Crippen LogP contribution in [0, 0.1) is 0 Å². The van der Waals surface area contributed by atoms with Gasteiger partial charge in [-0.05, 0) is 62.4 Å². The molecular formula is C32H28CuN8O2. The first kappa shape index (κ1) is 30.6. The number of nitrogens with zero attached hydrogens (tertiary/aromatic N) is 4. The number of nitrogens with one attached hydrogen (secondary N) is 4. The van der Waals surface area contributed by atoms with Gasteiger partial charge in [-0.25, -0.2) is 9.97 Å². The van der Waals surface area contributed by atoms with E-state index in [-0.39, 0.29) is 28.6 Å². The van der Waals surface area contributed by atoms with E-state index in [1.54, 1.807) is 36.9 Å². The third-order valence-electron chi connectivity index (χ3n) is 6.36. The normalized spacial score (nSPS) is 13.7. The van der Waals surface area contributed by atoms with Crippen molar-refractivity contribution in [2.75, 3.05) is 10.9 Å². The molecule has 6 rings (SSSR count). The molecule has 4 heterocycles. The van der Waals surface area contributed by atoms with Gasteiger partial charge in [0, 0.05) is 74.1 Å². The maximum Gasteiger partial charge on any atom is 0.204 e. The van der Waals surface area contributed by atoms with Crippen molar-refractivity contribution < 1.29 is 26.7 Å². The summed E-state index contributed by atoms with van der Waals surface area (Å²) in [7, 11) is 0. The maximum atomic E-state index is 11.8. The van der Waals surface area contributed by atoms with Crippen molar-refractivity contribution in [3.8, 4) is 0 Å².